The monoisotopic (exact) mass is 451 g/mol. The van der Waals surface area contributed by atoms with Crippen LogP contribution in [-0.4, -0.2) is 60.5 Å². The Morgan fingerprint density at radius 3 is 2.09 bits per heavy atom. The number of piperazine rings is 1. The van der Waals surface area contributed by atoms with Crippen LogP contribution < -0.4 is 16.0 Å². The summed E-state index contributed by atoms with van der Waals surface area (Å²) in [5, 5.41) is 8.52. The summed E-state index contributed by atoms with van der Waals surface area (Å²) < 4.78 is 0. The third-order valence-corrected chi connectivity index (χ3v) is 6.08. The Morgan fingerprint density at radius 2 is 1.48 bits per heavy atom. The maximum atomic E-state index is 12.8. The topological polar surface area (TPSA) is 76.7 Å². The Bertz CT molecular complexity index is 877. The molecule has 0 aromatic heterocycles. The first kappa shape index (κ1) is 24.7. The van der Waals surface area contributed by atoms with Gasteiger partial charge >= 0.3 is 6.03 Å². The highest BCUT2D eigenvalue weighted by Crippen LogP contribution is 2.11. The Balaban J connectivity index is 1.46. The average Bonchev–Trinajstić information content (AvgIpc) is 2.83. The highest BCUT2D eigenvalue weighted by molar-refractivity contribution is 5.93. The minimum atomic E-state index is -0.616. The molecule has 0 aliphatic carbocycles. The van der Waals surface area contributed by atoms with Crippen molar-refractivity contribution in [2.24, 2.45) is 5.92 Å². The summed E-state index contributed by atoms with van der Waals surface area (Å²) in [4.78, 5) is 30.1. The predicted octanol–water partition coefficient (Wildman–Crippen LogP) is 3.29. The number of hydrogen-bond acceptors (Lipinski definition) is 4. The third kappa shape index (κ3) is 7.87. The van der Waals surface area contributed by atoms with E-state index in [0.717, 1.165) is 44.8 Å². The number of likely N-dealkylation sites (N-methyl/N-ethyl adjacent to an activating group) is 1. The lowest BCUT2D eigenvalue weighted by Crippen LogP contribution is -2.50. The molecule has 0 bridgehead atoms. The minimum Gasteiger partial charge on any atom is -0.350 e. The van der Waals surface area contributed by atoms with Crippen molar-refractivity contribution in [3.63, 3.8) is 0 Å². The second-order valence-corrected chi connectivity index (χ2v) is 8.93. The standard InChI is InChI=1S/C26H37N5O2/c1-4-30-14-16-31(17-15-30)19-22-12-10-21(11-13-22)18-27-25(32)24(20(2)3)29-26(33)28-23-8-6-5-7-9-23/h5-13,20,24H,4,14-19H2,1-3H3,(H,27,32)(H2,28,29,33). The van der Waals surface area contributed by atoms with Gasteiger partial charge in [0.05, 0.1) is 0 Å². The van der Waals surface area contributed by atoms with Gasteiger partial charge in [-0.3, -0.25) is 9.69 Å². The van der Waals surface area contributed by atoms with Crippen LogP contribution in [0.15, 0.2) is 54.6 Å². The van der Waals surface area contributed by atoms with Gasteiger partial charge in [-0.1, -0.05) is 63.2 Å². The van der Waals surface area contributed by atoms with Crippen LogP contribution in [0.5, 0.6) is 0 Å². The van der Waals surface area contributed by atoms with Crippen molar-refractivity contribution in [3.05, 3.63) is 65.7 Å². The van der Waals surface area contributed by atoms with Crippen molar-refractivity contribution in [1.29, 1.82) is 0 Å². The highest BCUT2D eigenvalue weighted by Gasteiger charge is 2.24. The molecular weight excluding hydrogens is 414 g/mol. The van der Waals surface area contributed by atoms with Crippen molar-refractivity contribution >= 4 is 17.6 Å². The van der Waals surface area contributed by atoms with E-state index < -0.39 is 6.04 Å². The van der Waals surface area contributed by atoms with Crippen LogP contribution in [0, 0.1) is 5.92 Å². The number of para-hydroxylation sites is 1. The molecule has 0 saturated carbocycles. The predicted molar refractivity (Wildman–Crippen MR) is 133 cm³/mol. The second-order valence-electron chi connectivity index (χ2n) is 8.93. The number of carbonyl (C=O) groups is 2. The fraction of sp³-hybridized carbons (Fsp3) is 0.462. The molecule has 1 heterocycles. The van der Waals surface area contributed by atoms with Crippen LogP contribution in [0.1, 0.15) is 31.9 Å². The molecule has 0 radical (unpaired) electrons. The van der Waals surface area contributed by atoms with E-state index in [4.69, 9.17) is 0 Å². The molecule has 2 aromatic rings. The van der Waals surface area contributed by atoms with Crippen LogP contribution in [0.25, 0.3) is 0 Å². The molecule has 1 aliphatic rings. The van der Waals surface area contributed by atoms with Crippen LogP contribution in [0.3, 0.4) is 0 Å². The number of carbonyl (C=O) groups excluding carboxylic acids is 2. The smallest absolute Gasteiger partial charge is 0.319 e. The van der Waals surface area contributed by atoms with Gasteiger partial charge in [-0.2, -0.15) is 0 Å². The zero-order valence-corrected chi connectivity index (χ0v) is 20.0. The average molecular weight is 452 g/mol. The number of nitrogens with zero attached hydrogens (tertiary/aromatic N) is 2. The molecule has 1 saturated heterocycles. The number of anilines is 1. The Labute approximate surface area is 197 Å². The van der Waals surface area contributed by atoms with Crippen LogP contribution in [0.4, 0.5) is 10.5 Å². The SMILES string of the molecule is CCN1CCN(Cc2ccc(CNC(=O)C(NC(=O)Nc3ccccc3)C(C)C)cc2)CC1. The molecule has 1 fully saturated rings. The Hall–Kier alpha value is -2.90. The molecule has 1 atom stereocenters. The van der Waals surface area contributed by atoms with Gasteiger partial charge < -0.3 is 20.9 Å². The van der Waals surface area contributed by atoms with E-state index in [2.05, 4.69) is 56.9 Å². The van der Waals surface area contributed by atoms with Crippen molar-refractivity contribution in [2.45, 2.75) is 39.9 Å². The van der Waals surface area contributed by atoms with Gasteiger partial charge in [0.1, 0.15) is 6.04 Å². The van der Waals surface area contributed by atoms with E-state index in [1.54, 1.807) is 12.1 Å². The molecule has 1 aliphatic heterocycles. The maximum Gasteiger partial charge on any atom is 0.319 e. The maximum absolute atomic E-state index is 12.8. The lowest BCUT2D eigenvalue weighted by molar-refractivity contribution is -0.124. The van der Waals surface area contributed by atoms with Gasteiger partial charge in [0, 0.05) is 45.0 Å². The number of rotatable bonds is 9. The van der Waals surface area contributed by atoms with Gasteiger partial charge in [-0.05, 0) is 35.7 Å². The van der Waals surface area contributed by atoms with E-state index in [1.807, 2.05) is 32.0 Å². The first-order valence-electron chi connectivity index (χ1n) is 11.9. The van der Waals surface area contributed by atoms with Gasteiger partial charge in [0.25, 0.3) is 0 Å². The van der Waals surface area contributed by atoms with Crippen molar-refractivity contribution in [3.8, 4) is 0 Å². The zero-order chi connectivity index (χ0) is 23.6. The van der Waals surface area contributed by atoms with E-state index in [0.29, 0.717) is 12.2 Å². The van der Waals surface area contributed by atoms with Crippen molar-refractivity contribution in [2.75, 3.05) is 38.0 Å². The number of benzene rings is 2. The molecule has 7 nitrogen and oxygen atoms in total. The molecule has 33 heavy (non-hydrogen) atoms. The number of amides is 3. The molecule has 3 rings (SSSR count). The highest BCUT2D eigenvalue weighted by atomic mass is 16.2. The van der Waals surface area contributed by atoms with Gasteiger partial charge in [-0.15, -0.1) is 0 Å². The van der Waals surface area contributed by atoms with Crippen LogP contribution in [0.2, 0.25) is 0 Å². The van der Waals surface area contributed by atoms with Crippen LogP contribution in [-0.2, 0) is 17.9 Å². The van der Waals surface area contributed by atoms with Gasteiger partial charge in [0.15, 0.2) is 0 Å². The molecule has 1 unspecified atom stereocenters. The Kier molecular flexibility index (Phi) is 9.27. The van der Waals surface area contributed by atoms with Crippen LogP contribution >= 0.6 is 0 Å². The van der Waals surface area contributed by atoms with E-state index in [1.165, 1.54) is 5.56 Å². The zero-order valence-electron chi connectivity index (χ0n) is 20.0. The number of urea groups is 1. The van der Waals surface area contributed by atoms with Gasteiger partial charge in [0.2, 0.25) is 5.91 Å². The molecular formula is C26H37N5O2. The summed E-state index contributed by atoms with van der Waals surface area (Å²) >= 11 is 0. The number of nitrogens with one attached hydrogen (secondary N) is 3. The second kappa shape index (κ2) is 12.4. The third-order valence-electron chi connectivity index (χ3n) is 6.08. The van der Waals surface area contributed by atoms with Crippen molar-refractivity contribution in [1.82, 2.24) is 20.4 Å². The molecule has 3 N–H and O–H groups in total. The largest absolute Gasteiger partial charge is 0.350 e. The first-order chi connectivity index (χ1) is 15.9. The summed E-state index contributed by atoms with van der Waals surface area (Å²) in [6.45, 7) is 13.0. The summed E-state index contributed by atoms with van der Waals surface area (Å²) in [6.07, 6.45) is 0. The lowest BCUT2D eigenvalue weighted by Gasteiger charge is -2.34. The summed E-state index contributed by atoms with van der Waals surface area (Å²) in [6, 6.07) is 16.6. The lowest BCUT2D eigenvalue weighted by atomic mass is 10.0. The molecule has 2 aromatic carbocycles. The normalized spacial score (nSPS) is 15.8. The molecule has 3 amide bonds. The van der Waals surface area contributed by atoms with E-state index in [-0.39, 0.29) is 17.9 Å². The van der Waals surface area contributed by atoms with Gasteiger partial charge in [-0.25, -0.2) is 4.79 Å². The molecule has 178 valence electrons. The molecule has 7 heteroatoms. The van der Waals surface area contributed by atoms with E-state index in [9.17, 15) is 9.59 Å². The van der Waals surface area contributed by atoms with E-state index >= 15 is 0 Å². The Morgan fingerprint density at radius 1 is 0.879 bits per heavy atom. The summed E-state index contributed by atoms with van der Waals surface area (Å²) in [5.41, 5.74) is 3.01. The molecule has 0 spiro atoms. The number of hydrogen-bond donors (Lipinski definition) is 3. The summed E-state index contributed by atoms with van der Waals surface area (Å²) in [5.74, 6) is -0.229. The van der Waals surface area contributed by atoms with Crippen molar-refractivity contribution < 1.29 is 9.59 Å². The fourth-order valence-corrected chi connectivity index (χ4v) is 3.95. The minimum absolute atomic E-state index is 0.0397. The fourth-order valence-electron chi connectivity index (χ4n) is 3.95. The summed E-state index contributed by atoms with van der Waals surface area (Å²) in [7, 11) is 0. The first-order valence-corrected chi connectivity index (χ1v) is 11.9. The quantitative estimate of drug-likeness (QED) is 0.547.